The highest BCUT2D eigenvalue weighted by Crippen LogP contribution is 2.20. The van der Waals surface area contributed by atoms with Crippen LogP contribution in [-0.4, -0.2) is 50.6 Å². The Morgan fingerprint density at radius 1 is 1.50 bits per heavy atom. The molecule has 0 aliphatic heterocycles. The van der Waals surface area contributed by atoms with Crippen LogP contribution >= 0.6 is 11.8 Å². The molecule has 114 valence electrons. The van der Waals surface area contributed by atoms with Gasteiger partial charge in [-0.3, -0.25) is 4.79 Å². The van der Waals surface area contributed by atoms with Crippen molar-refractivity contribution < 1.29 is 9.53 Å². The molecule has 0 saturated heterocycles. The van der Waals surface area contributed by atoms with E-state index in [1.807, 2.05) is 13.8 Å². The predicted molar refractivity (Wildman–Crippen MR) is 77.5 cm³/mol. The Morgan fingerprint density at radius 3 is 2.80 bits per heavy atom. The Balaban J connectivity index is 2.55. The van der Waals surface area contributed by atoms with Gasteiger partial charge in [0.1, 0.15) is 5.54 Å². The van der Waals surface area contributed by atoms with Crippen LogP contribution in [0.2, 0.25) is 0 Å². The van der Waals surface area contributed by atoms with E-state index in [2.05, 4.69) is 27.8 Å². The van der Waals surface area contributed by atoms with Crippen molar-refractivity contribution in [2.75, 3.05) is 18.9 Å². The number of aryl methyl sites for hydroxylation is 1. The second kappa shape index (κ2) is 8.21. The molecule has 0 radical (unpaired) electrons. The van der Waals surface area contributed by atoms with Gasteiger partial charge in [0.25, 0.3) is 0 Å². The van der Waals surface area contributed by atoms with Crippen molar-refractivity contribution in [3.8, 4) is 0 Å². The number of ether oxygens (including phenoxy) is 1. The Kier molecular flexibility index (Phi) is 6.94. The zero-order valence-corrected chi connectivity index (χ0v) is 13.4. The number of thioether (sulfide) groups is 1. The van der Waals surface area contributed by atoms with Gasteiger partial charge in [-0.25, -0.2) is 4.68 Å². The van der Waals surface area contributed by atoms with E-state index >= 15 is 0 Å². The summed E-state index contributed by atoms with van der Waals surface area (Å²) in [5, 5.41) is 15.3. The molecule has 1 heterocycles. The molecule has 8 heteroatoms. The minimum absolute atomic E-state index is 0.204. The van der Waals surface area contributed by atoms with Crippen LogP contribution in [0.5, 0.6) is 0 Å². The molecule has 0 aromatic carbocycles. The quantitative estimate of drug-likeness (QED) is 0.538. The summed E-state index contributed by atoms with van der Waals surface area (Å²) in [5.41, 5.74) is -0.662. The number of carbonyl (C=O) groups excluding carboxylic acids is 1. The Labute approximate surface area is 123 Å². The number of nitrogens with zero attached hydrogens (tertiary/aromatic N) is 4. The maximum absolute atomic E-state index is 12.1. The predicted octanol–water partition coefficient (Wildman–Crippen LogP) is 1.01. The van der Waals surface area contributed by atoms with E-state index in [0.29, 0.717) is 13.0 Å². The molecule has 0 saturated carbocycles. The van der Waals surface area contributed by atoms with Gasteiger partial charge in [-0.2, -0.15) is 0 Å². The Bertz CT molecular complexity index is 426. The summed E-state index contributed by atoms with van der Waals surface area (Å²) >= 11 is 1.53. The van der Waals surface area contributed by atoms with Crippen LogP contribution in [0.4, 0.5) is 0 Å². The zero-order valence-electron chi connectivity index (χ0n) is 12.5. The first-order valence-electron chi connectivity index (χ1n) is 6.81. The summed E-state index contributed by atoms with van der Waals surface area (Å²) in [7, 11) is 1.79. The number of nitrogens with one attached hydrogen (secondary N) is 1. The van der Waals surface area contributed by atoms with Crippen LogP contribution in [0.25, 0.3) is 0 Å². The SMILES string of the molecule is CCCNC(C)(CCSc1nnnn1C)C(=O)OCC. The van der Waals surface area contributed by atoms with Crippen molar-refractivity contribution in [3.05, 3.63) is 0 Å². The van der Waals surface area contributed by atoms with Gasteiger partial charge in [-0.1, -0.05) is 18.7 Å². The summed E-state index contributed by atoms with van der Waals surface area (Å²) in [4.78, 5) is 12.1. The molecule has 0 amide bonds. The molecule has 0 bridgehead atoms. The van der Waals surface area contributed by atoms with E-state index in [0.717, 1.165) is 23.9 Å². The van der Waals surface area contributed by atoms with Gasteiger partial charge in [-0.15, -0.1) is 5.10 Å². The van der Waals surface area contributed by atoms with Gasteiger partial charge in [-0.05, 0) is 43.7 Å². The fourth-order valence-electron chi connectivity index (χ4n) is 1.64. The third kappa shape index (κ3) is 4.75. The molecular weight excluding hydrogens is 278 g/mol. The second-order valence-electron chi connectivity index (χ2n) is 4.66. The molecule has 1 rings (SSSR count). The largest absolute Gasteiger partial charge is 0.465 e. The van der Waals surface area contributed by atoms with Crippen molar-refractivity contribution in [2.45, 2.75) is 44.3 Å². The summed E-state index contributed by atoms with van der Waals surface area (Å²) in [6, 6.07) is 0. The summed E-state index contributed by atoms with van der Waals surface area (Å²) < 4.78 is 6.78. The first-order chi connectivity index (χ1) is 9.53. The highest BCUT2D eigenvalue weighted by Gasteiger charge is 2.33. The van der Waals surface area contributed by atoms with E-state index in [4.69, 9.17) is 4.74 Å². The summed E-state index contributed by atoms with van der Waals surface area (Å²) in [5.74, 6) is 0.533. The van der Waals surface area contributed by atoms with E-state index < -0.39 is 5.54 Å². The van der Waals surface area contributed by atoms with Crippen LogP contribution < -0.4 is 5.32 Å². The van der Waals surface area contributed by atoms with E-state index in [1.54, 1.807) is 11.7 Å². The molecule has 0 aliphatic rings. The molecule has 1 atom stereocenters. The van der Waals surface area contributed by atoms with Crippen molar-refractivity contribution >= 4 is 17.7 Å². The van der Waals surface area contributed by atoms with Gasteiger partial charge in [0.2, 0.25) is 5.16 Å². The Morgan fingerprint density at radius 2 is 2.25 bits per heavy atom. The molecule has 1 aromatic rings. The third-order valence-electron chi connectivity index (χ3n) is 2.91. The van der Waals surface area contributed by atoms with Crippen LogP contribution in [0.15, 0.2) is 5.16 Å². The van der Waals surface area contributed by atoms with Gasteiger partial charge >= 0.3 is 5.97 Å². The maximum Gasteiger partial charge on any atom is 0.326 e. The highest BCUT2D eigenvalue weighted by molar-refractivity contribution is 7.99. The molecule has 1 unspecified atom stereocenters. The van der Waals surface area contributed by atoms with Gasteiger partial charge in [0.15, 0.2) is 0 Å². The number of tetrazole rings is 1. The lowest BCUT2D eigenvalue weighted by Gasteiger charge is -2.28. The Hall–Kier alpha value is -1.15. The molecular formula is C12H23N5O2S. The number of aromatic nitrogens is 4. The average molecular weight is 301 g/mol. The number of carbonyl (C=O) groups is 1. The van der Waals surface area contributed by atoms with Crippen LogP contribution in [0, 0.1) is 0 Å². The van der Waals surface area contributed by atoms with Gasteiger partial charge in [0, 0.05) is 12.8 Å². The minimum atomic E-state index is -0.662. The van der Waals surface area contributed by atoms with Crippen LogP contribution in [-0.2, 0) is 16.6 Å². The molecule has 20 heavy (non-hydrogen) atoms. The normalized spacial score (nSPS) is 14.0. The summed E-state index contributed by atoms with van der Waals surface area (Å²) in [6.45, 7) is 6.95. The molecule has 0 fully saturated rings. The van der Waals surface area contributed by atoms with Crippen molar-refractivity contribution in [2.24, 2.45) is 7.05 Å². The molecule has 7 nitrogen and oxygen atoms in total. The summed E-state index contributed by atoms with van der Waals surface area (Å²) in [6.07, 6.45) is 1.62. The molecule has 1 N–H and O–H groups in total. The first-order valence-corrected chi connectivity index (χ1v) is 7.79. The first kappa shape index (κ1) is 16.9. The van der Waals surface area contributed by atoms with Crippen molar-refractivity contribution in [1.82, 2.24) is 25.5 Å². The van der Waals surface area contributed by atoms with Gasteiger partial charge in [0.05, 0.1) is 6.61 Å². The van der Waals surface area contributed by atoms with Crippen molar-refractivity contribution in [1.29, 1.82) is 0 Å². The zero-order chi connectivity index (χ0) is 15.0. The number of hydrogen-bond donors (Lipinski definition) is 1. The van der Waals surface area contributed by atoms with Crippen molar-refractivity contribution in [3.63, 3.8) is 0 Å². The number of hydrogen-bond acceptors (Lipinski definition) is 7. The smallest absolute Gasteiger partial charge is 0.326 e. The highest BCUT2D eigenvalue weighted by atomic mass is 32.2. The van der Waals surface area contributed by atoms with E-state index in [9.17, 15) is 4.79 Å². The molecule has 1 aromatic heterocycles. The van der Waals surface area contributed by atoms with E-state index in [-0.39, 0.29) is 5.97 Å². The topological polar surface area (TPSA) is 81.9 Å². The van der Waals surface area contributed by atoms with E-state index in [1.165, 1.54) is 11.8 Å². The maximum atomic E-state index is 12.1. The lowest BCUT2D eigenvalue weighted by Crippen LogP contribution is -2.51. The third-order valence-corrected chi connectivity index (χ3v) is 3.92. The number of esters is 1. The number of rotatable bonds is 9. The van der Waals surface area contributed by atoms with Crippen LogP contribution in [0.3, 0.4) is 0 Å². The van der Waals surface area contributed by atoms with Crippen LogP contribution in [0.1, 0.15) is 33.6 Å². The fourth-order valence-corrected chi connectivity index (χ4v) is 2.65. The monoisotopic (exact) mass is 301 g/mol. The second-order valence-corrected chi connectivity index (χ2v) is 5.72. The fraction of sp³-hybridized carbons (Fsp3) is 0.833. The minimum Gasteiger partial charge on any atom is -0.465 e. The molecule has 0 aliphatic carbocycles. The van der Waals surface area contributed by atoms with Gasteiger partial charge < -0.3 is 10.1 Å². The standard InChI is InChI=1S/C12H23N5O2S/c1-5-8-13-12(3,10(18)19-6-2)7-9-20-11-14-15-16-17(11)4/h13H,5-9H2,1-4H3. The lowest BCUT2D eigenvalue weighted by molar-refractivity contribution is -0.150. The lowest BCUT2D eigenvalue weighted by atomic mass is 9.99. The average Bonchev–Trinajstić information content (AvgIpc) is 2.82. The molecule has 0 spiro atoms.